The number of nitrogens with zero attached hydrogens (tertiary/aromatic N) is 2. The Balaban J connectivity index is 2.34. The highest BCUT2D eigenvalue weighted by Crippen LogP contribution is 2.12. The van der Waals surface area contributed by atoms with Gasteiger partial charge in [0.1, 0.15) is 0 Å². The lowest BCUT2D eigenvalue weighted by Crippen LogP contribution is -2.08. The zero-order valence-electron chi connectivity index (χ0n) is 12.2. The summed E-state index contributed by atoms with van der Waals surface area (Å²) in [6.45, 7) is 6.42. The van der Waals surface area contributed by atoms with Crippen LogP contribution in [0.1, 0.15) is 38.3 Å². The summed E-state index contributed by atoms with van der Waals surface area (Å²) in [5, 5.41) is 3.24. The molecule has 0 atom stereocenters. The number of aryl methyl sites for hydroxylation is 1. The molecule has 19 heavy (non-hydrogen) atoms. The van der Waals surface area contributed by atoms with Crippen LogP contribution in [0.4, 0.5) is 5.95 Å². The molecule has 0 unspecified atom stereocenters. The Bertz CT molecular complexity index is 359. The van der Waals surface area contributed by atoms with Crippen molar-refractivity contribution in [1.29, 1.82) is 0 Å². The van der Waals surface area contributed by atoms with E-state index in [0.29, 0.717) is 18.4 Å². The van der Waals surface area contributed by atoms with Gasteiger partial charge in [0, 0.05) is 32.0 Å². The van der Waals surface area contributed by atoms with E-state index in [4.69, 9.17) is 9.47 Å². The van der Waals surface area contributed by atoms with Crippen LogP contribution in [0.3, 0.4) is 0 Å². The summed E-state index contributed by atoms with van der Waals surface area (Å²) in [5.74, 6) is 1.30. The zero-order chi connectivity index (χ0) is 13.9. The summed E-state index contributed by atoms with van der Waals surface area (Å²) in [4.78, 5) is 8.68. The van der Waals surface area contributed by atoms with Crippen molar-refractivity contribution in [1.82, 2.24) is 9.97 Å². The predicted molar refractivity (Wildman–Crippen MR) is 76.8 cm³/mol. The summed E-state index contributed by atoms with van der Waals surface area (Å²) in [5.41, 5.74) is 0.919. The fourth-order valence-electron chi connectivity index (χ4n) is 1.65. The molecule has 108 valence electrons. The van der Waals surface area contributed by atoms with E-state index in [0.717, 1.165) is 44.5 Å². The Morgan fingerprint density at radius 1 is 1.16 bits per heavy atom. The van der Waals surface area contributed by atoms with Crippen molar-refractivity contribution in [2.45, 2.75) is 39.5 Å². The Kier molecular flexibility index (Phi) is 7.89. The number of rotatable bonds is 10. The van der Waals surface area contributed by atoms with E-state index >= 15 is 0 Å². The third kappa shape index (κ3) is 6.96. The third-order valence-electron chi connectivity index (χ3n) is 2.59. The van der Waals surface area contributed by atoms with Gasteiger partial charge in [0.15, 0.2) is 0 Å². The zero-order valence-corrected chi connectivity index (χ0v) is 12.2. The normalized spacial score (nSPS) is 10.5. The van der Waals surface area contributed by atoms with Crippen LogP contribution in [0.25, 0.3) is 0 Å². The van der Waals surface area contributed by atoms with Crippen LogP contribution >= 0.6 is 0 Å². The second-order valence-electron chi connectivity index (χ2n) is 4.50. The molecular formula is C14H25N3O2. The van der Waals surface area contributed by atoms with Crippen molar-refractivity contribution in [3.05, 3.63) is 11.8 Å². The van der Waals surface area contributed by atoms with Gasteiger partial charge in [0.2, 0.25) is 11.8 Å². The van der Waals surface area contributed by atoms with Crippen molar-refractivity contribution in [3.63, 3.8) is 0 Å². The van der Waals surface area contributed by atoms with Gasteiger partial charge in [-0.3, -0.25) is 0 Å². The van der Waals surface area contributed by atoms with E-state index < -0.39 is 0 Å². The van der Waals surface area contributed by atoms with Crippen LogP contribution in [-0.2, 0) is 4.74 Å². The lowest BCUT2D eigenvalue weighted by molar-refractivity contribution is 0.192. The molecule has 0 amide bonds. The Labute approximate surface area is 115 Å². The summed E-state index contributed by atoms with van der Waals surface area (Å²) >= 11 is 0. The highest BCUT2D eigenvalue weighted by atomic mass is 16.5. The maximum atomic E-state index is 5.53. The minimum absolute atomic E-state index is 0.649. The lowest BCUT2D eigenvalue weighted by atomic mass is 10.2. The van der Waals surface area contributed by atoms with E-state index in [1.807, 2.05) is 13.0 Å². The number of nitrogens with one attached hydrogen (secondary N) is 1. The Morgan fingerprint density at radius 2 is 2.00 bits per heavy atom. The third-order valence-corrected chi connectivity index (χ3v) is 2.59. The molecular weight excluding hydrogens is 242 g/mol. The first-order chi connectivity index (χ1) is 9.26. The van der Waals surface area contributed by atoms with Crippen molar-refractivity contribution in [2.75, 3.05) is 32.2 Å². The molecule has 0 radical (unpaired) electrons. The molecule has 0 aliphatic carbocycles. The van der Waals surface area contributed by atoms with Crippen LogP contribution in [0.5, 0.6) is 5.88 Å². The molecule has 0 fully saturated rings. The molecule has 0 aliphatic heterocycles. The van der Waals surface area contributed by atoms with Crippen molar-refractivity contribution >= 4 is 5.95 Å². The molecule has 0 aromatic carbocycles. The minimum Gasteiger partial charge on any atom is -0.478 e. The van der Waals surface area contributed by atoms with E-state index in [1.165, 1.54) is 0 Å². The predicted octanol–water partition coefficient (Wildman–Crippen LogP) is 2.80. The van der Waals surface area contributed by atoms with Gasteiger partial charge in [-0.15, -0.1) is 0 Å². The quantitative estimate of drug-likeness (QED) is 0.661. The van der Waals surface area contributed by atoms with E-state index in [9.17, 15) is 0 Å². The molecule has 1 N–H and O–H groups in total. The molecule has 5 heteroatoms. The Hall–Kier alpha value is -1.36. The number of anilines is 1. The van der Waals surface area contributed by atoms with Crippen LogP contribution in [0.2, 0.25) is 0 Å². The largest absolute Gasteiger partial charge is 0.478 e. The molecule has 0 aliphatic rings. The highest BCUT2D eigenvalue weighted by molar-refractivity contribution is 5.30. The van der Waals surface area contributed by atoms with Gasteiger partial charge < -0.3 is 14.8 Å². The number of unbranched alkanes of at least 4 members (excludes halogenated alkanes) is 2. The van der Waals surface area contributed by atoms with Gasteiger partial charge in [-0.2, -0.15) is 4.98 Å². The van der Waals surface area contributed by atoms with Crippen molar-refractivity contribution < 1.29 is 9.47 Å². The minimum atomic E-state index is 0.649. The van der Waals surface area contributed by atoms with E-state index in [1.54, 1.807) is 7.11 Å². The maximum absolute atomic E-state index is 5.53. The fraction of sp³-hybridized carbons (Fsp3) is 0.714. The SMILES string of the molecule is CCCOc1cc(C)nc(NCCCCCOC)n1. The summed E-state index contributed by atoms with van der Waals surface area (Å²) in [7, 11) is 1.73. The smallest absolute Gasteiger partial charge is 0.226 e. The van der Waals surface area contributed by atoms with E-state index in [2.05, 4.69) is 22.2 Å². The molecule has 1 aromatic heterocycles. The van der Waals surface area contributed by atoms with Crippen LogP contribution in [-0.4, -0.2) is 36.8 Å². The van der Waals surface area contributed by atoms with E-state index in [-0.39, 0.29) is 0 Å². The van der Waals surface area contributed by atoms with Gasteiger partial charge in [-0.05, 0) is 32.6 Å². The number of hydrogen-bond donors (Lipinski definition) is 1. The van der Waals surface area contributed by atoms with Gasteiger partial charge in [0.05, 0.1) is 6.61 Å². The first-order valence-corrected chi connectivity index (χ1v) is 6.97. The number of ether oxygens (including phenoxy) is 2. The molecule has 5 nitrogen and oxygen atoms in total. The monoisotopic (exact) mass is 267 g/mol. The first kappa shape index (κ1) is 15.7. The second-order valence-corrected chi connectivity index (χ2v) is 4.50. The topological polar surface area (TPSA) is 56.3 Å². The average Bonchev–Trinajstić information content (AvgIpc) is 2.40. The highest BCUT2D eigenvalue weighted by Gasteiger charge is 2.02. The summed E-state index contributed by atoms with van der Waals surface area (Å²) in [6.07, 6.45) is 4.31. The number of aromatic nitrogens is 2. The number of hydrogen-bond acceptors (Lipinski definition) is 5. The van der Waals surface area contributed by atoms with Crippen molar-refractivity contribution in [2.24, 2.45) is 0 Å². The number of methoxy groups -OCH3 is 1. The van der Waals surface area contributed by atoms with Gasteiger partial charge in [-0.25, -0.2) is 4.98 Å². The van der Waals surface area contributed by atoms with Crippen LogP contribution in [0, 0.1) is 6.92 Å². The van der Waals surface area contributed by atoms with Crippen molar-refractivity contribution in [3.8, 4) is 5.88 Å². The summed E-state index contributed by atoms with van der Waals surface area (Å²) in [6, 6.07) is 1.86. The van der Waals surface area contributed by atoms with Gasteiger partial charge in [0.25, 0.3) is 0 Å². The molecule has 0 saturated carbocycles. The van der Waals surface area contributed by atoms with Crippen LogP contribution in [0.15, 0.2) is 6.07 Å². The van der Waals surface area contributed by atoms with Crippen LogP contribution < -0.4 is 10.1 Å². The average molecular weight is 267 g/mol. The first-order valence-electron chi connectivity index (χ1n) is 6.97. The molecule has 1 rings (SSSR count). The lowest BCUT2D eigenvalue weighted by Gasteiger charge is -2.08. The summed E-state index contributed by atoms with van der Waals surface area (Å²) < 4.78 is 10.5. The maximum Gasteiger partial charge on any atom is 0.226 e. The molecule has 1 heterocycles. The molecule has 1 aromatic rings. The van der Waals surface area contributed by atoms with Gasteiger partial charge in [-0.1, -0.05) is 6.92 Å². The van der Waals surface area contributed by atoms with Gasteiger partial charge >= 0.3 is 0 Å². The second kappa shape index (κ2) is 9.55. The Morgan fingerprint density at radius 3 is 2.74 bits per heavy atom. The standard InChI is InChI=1S/C14H25N3O2/c1-4-9-19-13-11-12(2)16-14(17-13)15-8-6-5-7-10-18-3/h11H,4-10H2,1-3H3,(H,15,16,17). The molecule has 0 saturated heterocycles. The molecule has 0 spiro atoms. The fourth-order valence-corrected chi connectivity index (χ4v) is 1.65. The molecule has 0 bridgehead atoms.